The average Bonchev–Trinajstić information content (AvgIpc) is 2.99. The molecule has 0 spiro atoms. The zero-order valence-corrected chi connectivity index (χ0v) is 13.4. The maximum Gasteiger partial charge on any atom is 0.416 e. The number of aromatic nitrogens is 1. The second kappa shape index (κ2) is 6.67. The number of pyridine rings is 1. The molecular weight excluding hydrogens is 313 g/mol. The summed E-state index contributed by atoms with van der Waals surface area (Å²) in [6.45, 7) is 3.23. The Morgan fingerprint density at radius 3 is 2.71 bits per heavy atom. The van der Waals surface area contributed by atoms with Gasteiger partial charge in [-0.3, -0.25) is 4.98 Å². The molecule has 0 radical (unpaired) electrons. The van der Waals surface area contributed by atoms with Crippen LogP contribution < -0.4 is 4.90 Å². The van der Waals surface area contributed by atoms with Gasteiger partial charge in [0.15, 0.2) is 0 Å². The highest BCUT2D eigenvalue weighted by atomic mass is 19.4. The van der Waals surface area contributed by atoms with Crippen molar-refractivity contribution in [1.82, 2.24) is 4.98 Å². The Labute approximate surface area is 139 Å². The van der Waals surface area contributed by atoms with Gasteiger partial charge >= 0.3 is 6.18 Å². The summed E-state index contributed by atoms with van der Waals surface area (Å²) in [5, 5.41) is 0. The van der Waals surface area contributed by atoms with Gasteiger partial charge in [0, 0.05) is 24.5 Å². The van der Waals surface area contributed by atoms with Crippen molar-refractivity contribution in [1.29, 1.82) is 0 Å². The topological polar surface area (TPSA) is 16.1 Å². The Morgan fingerprint density at radius 2 is 2.00 bits per heavy atom. The minimum atomic E-state index is -4.33. The number of benzene rings is 1. The summed E-state index contributed by atoms with van der Waals surface area (Å²) in [6.07, 6.45) is 3.19. The van der Waals surface area contributed by atoms with Gasteiger partial charge in [0.05, 0.1) is 11.3 Å². The average molecular weight is 332 g/mol. The summed E-state index contributed by atoms with van der Waals surface area (Å²) in [5.74, 6) is 0. The van der Waals surface area contributed by atoms with Crippen molar-refractivity contribution < 1.29 is 13.2 Å². The van der Waals surface area contributed by atoms with E-state index < -0.39 is 11.7 Å². The molecule has 1 unspecified atom stereocenters. The summed E-state index contributed by atoms with van der Waals surface area (Å²) < 4.78 is 38.3. The smallest absolute Gasteiger partial charge is 0.369 e. The molecule has 1 aliphatic rings. The number of hydrogen-bond acceptors (Lipinski definition) is 2. The van der Waals surface area contributed by atoms with Crippen molar-refractivity contribution in [3.05, 3.63) is 59.4 Å². The fourth-order valence-electron chi connectivity index (χ4n) is 3.02. The van der Waals surface area contributed by atoms with Crippen LogP contribution in [-0.2, 0) is 6.18 Å². The zero-order chi connectivity index (χ0) is 17.2. The first kappa shape index (κ1) is 16.6. The Hall–Kier alpha value is -2.30. The van der Waals surface area contributed by atoms with Crippen LogP contribution in [0.4, 0.5) is 18.9 Å². The maximum absolute atomic E-state index is 12.8. The summed E-state index contributed by atoms with van der Waals surface area (Å²) in [5.41, 5.74) is 1.71. The van der Waals surface area contributed by atoms with E-state index in [-0.39, 0.29) is 0 Å². The SMILES string of the molecule is CC1CCCN1c1ccnc(C=Cc2cccc(C(F)(F)F)c2)c1. The highest BCUT2D eigenvalue weighted by Crippen LogP contribution is 2.30. The van der Waals surface area contributed by atoms with Gasteiger partial charge in [0.25, 0.3) is 0 Å². The van der Waals surface area contributed by atoms with Crippen molar-refractivity contribution in [2.45, 2.75) is 32.0 Å². The van der Waals surface area contributed by atoms with Gasteiger partial charge in [-0.1, -0.05) is 18.2 Å². The number of halogens is 3. The van der Waals surface area contributed by atoms with Crippen molar-refractivity contribution in [2.24, 2.45) is 0 Å². The van der Waals surface area contributed by atoms with E-state index in [4.69, 9.17) is 0 Å². The normalized spacial score (nSPS) is 18.5. The van der Waals surface area contributed by atoms with Crippen LogP contribution in [-0.4, -0.2) is 17.6 Å². The molecule has 1 aromatic heterocycles. The number of anilines is 1. The Morgan fingerprint density at radius 1 is 1.17 bits per heavy atom. The lowest BCUT2D eigenvalue weighted by molar-refractivity contribution is -0.137. The van der Waals surface area contributed by atoms with E-state index in [1.807, 2.05) is 12.1 Å². The van der Waals surface area contributed by atoms with Gasteiger partial charge in [-0.2, -0.15) is 13.2 Å². The number of rotatable bonds is 3. The van der Waals surface area contributed by atoms with E-state index in [1.165, 1.54) is 18.9 Å². The third-order valence-corrected chi connectivity index (χ3v) is 4.31. The second-order valence-electron chi connectivity index (χ2n) is 6.08. The second-order valence-corrected chi connectivity index (χ2v) is 6.08. The van der Waals surface area contributed by atoms with Crippen LogP contribution in [0.3, 0.4) is 0 Å². The van der Waals surface area contributed by atoms with E-state index >= 15 is 0 Å². The standard InChI is InChI=1S/C19H19F3N2/c1-14-4-3-11-24(14)18-9-10-23-17(13-18)8-7-15-5-2-6-16(12-15)19(20,21)22/h2,5-10,12-14H,3-4,11H2,1H3. The lowest BCUT2D eigenvalue weighted by Gasteiger charge is -2.23. The molecule has 1 aromatic carbocycles. The monoisotopic (exact) mass is 332 g/mol. The van der Waals surface area contributed by atoms with Gasteiger partial charge in [-0.05, 0) is 55.7 Å². The molecule has 0 N–H and O–H groups in total. The molecule has 5 heteroatoms. The van der Waals surface area contributed by atoms with Crippen molar-refractivity contribution in [2.75, 3.05) is 11.4 Å². The quantitative estimate of drug-likeness (QED) is 0.762. The van der Waals surface area contributed by atoms with Crippen LogP contribution in [0.2, 0.25) is 0 Å². The van der Waals surface area contributed by atoms with Crippen molar-refractivity contribution in [3.63, 3.8) is 0 Å². The molecule has 0 amide bonds. The molecule has 1 aliphatic heterocycles. The van der Waals surface area contributed by atoms with E-state index in [2.05, 4.69) is 16.8 Å². The highest BCUT2D eigenvalue weighted by molar-refractivity contribution is 5.70. The van der Waals surface area contributed by atoms with Gasteiger partial charge in [0.1, 0.15) is 0 Å². The Kier molecular flexibility index (Phi) is 4.60. The predicted molar refractivity (Wildman–Crippen MR) is 90.7 cm³/mol. The summed E-state index contributed by atoms with van der Waals surface area (Å²) in [7, 11) is 0. The molecule has 3 rings (SSSR count). The highest BCUT2D eigenvalue weighted by Gasteiger charge is 2.30. The van der Waals surface area contributed by atoms with E-state index in [0.717, 1.165) is 30.1 Å². The molecule has 0 aliphatic carbocycles. The molecule has 2 aromatic rings. The molecule has 2 nitrogen and oxygen atoms in total. The molecule has 1 fully saturated rings. The van der Waals surface area contributed by atoms with Crippen LogP contribution >= 0.6 is 0 Å². The molecule has 0 saturated carbocycles. The number of hydrogen-bond donors (Lipinski definition) is 0. The zero-order valence-electron chi connectivity index (χ0n) is 13.4. The molecular formula is C19H19F3N2. The van der Waals surface area contributed by atoms with Crippen LogP contribution in [0.25, 0.3) is 12.2 Å². The minimum Gasteiger partial charge on any atom is -0.369 e. The minimum absolute atomic E-state index is 0.506. The number of nitrogens with zero attached hydrogens (tertiary/aromatic N) is 2. The Bertz CT molecular complexity index is 737. The largest absolute Gasteiger partial charge is 0.416 e. The fraction of sp³-hybridized carbons (Fsp3) is 0.316. The summed E-state index contributed by atoms with van der Waals surface area (Å²) in [6, 6.07) is 9.74. The first-order valence-electron chi connectivity index (χ1n) is 8.01. The maximum atomic E-state index is 12.8. The van der Waals surface area contributed by atoms with Gasteiger partial charge < -0.3 is 4.90 Å². The summed E-state index contributed by atoms with van der Waals surface area (Å²) >= 11 is 0. The van der Waals surface area contributed by atoms with Gasteiger partial charge in [-0.25, -0.2) is 0 Å². The molecule has 1 saturated heterocycles. The lowest BCUT2D eigenvalue weighted by atomic mass is 10.1. The van der Waals surface area contributed by atoms with Crippen molar-refractivity contribution in [3.8, 4) is 0 Å². The van der Waals surface area contributed by atoms with Gasteiger partial charge in [0.2, 0.25) is 0 Å². The van der Waals surface area contributed by atoms with Crippen LogP contribution in [0.1, 0.15) is 36.6 Å². The molecule has 24 heavy (non-hydrogen) atoms. The first-order chi connectivity index (χ1) is 11.4. The molecule has 1 atom stereocenters. The fourth-order valence-corrected chi connectivity index (χ4v) is 3.02. The molecule has 126 valence electrons. The predicted octanol–water partition coefficient (Wildman–Crippen LogP) is 5.26. The number of alkyl halides is 3. The summed E-state index contributed by atoms with van der Waals surface area (Å²) in [4.78, 5) is 6.62. The van der Waals surface area contributed by atoms with Crippen LogP contribution in [0, 0.1) is 0 Å². The van der Waals surface area contributed by atoms with Gasteiger partial charge in [-0.15, -0.1) is 0 Å². The molecule has 2 heterocycles. The van der Waals surface area contributed by atoms with E-state index in [9.17, 15) is 13.2 Å². The van der Waals surface area contributed by atoms with Crippen molar-refractivity contribution >= 4 is 17.8 Å². The van der Waals surface area contributed by atoms with Crippen LogP contribution in [0.5, 0.6) is 0 Å². The lowest BCUT2D eigenvalue weighted by Crippen LogP contribution is -2.26. The van der Waals surface area contributed by atoms with E-state index in [0.29, 0.717) is 11.6 Å². The van der Waals surface area contributed by atoms with Crippen LogP contribution in [0.15, 0.2) is 42.6 Å². The van der Waals surface area contributed by atoms with E-state index in [1.54, 1.807) is 24.4 Å². The Balaban J connectivity index is 1.80. The third-order valence-electron chi connectivity index (χ3n) is 4.31. The molecule has 0 bridgehead atoms. The third kappa shape index (κ3) is 3.78. The first-order valence-corrected chi connectivity index (χ1v) is 8.01.